The standard InChI is InChI=1S/C22H23FN8/c1-30(2)14-17-4-3-16(12-26-17)27-22-25-9-7-19(29-22)18-5-6-21(20(11-24)28-18)31-10-8-15(23)13-31/h3-7,9,12,15H,8,10,13-14H2,1-2H3,(H,25,27,29)/t15-/m0/s1. The molecule has 0 unspecified atom stereocenters. The van der Waals surface area contributed by atoms with Crippen molar-refractivity contribution in [2.75, 3.05) is 37.4 Å². The number of nitriles is 1. The Morgan fingerprint density at radius 1 is 1.16 bits per heavy atom. The molecule has 158 valence electrons. The normalized spacial score (nSPS) is 15.8. The van der Waals surface area contributed by atoms with Gasteiger partial charge < -0.3 is 15.1 Å². The van der Waals surface area contributed by atoms with Crippen molar-refractivity contribution in [2.24, 2.45) is 0 Å². The van der Waals surface area contributed by atoms with E-state index in [0.29, 0.717) is 42.5 Å². The number of pyridine rings is 2. The Morgan fingerprint density at radius 3 is 2.68 bits per heavy atom. The van der Waals surface area contributed by atoms with Crippen molar-refractivity contribution in [3.63, 3.8) is 0 Å². The SMILES string of the molecule is CN(C)Cc1ccc(Nc2nccc(-c3ccc(N4CC[C@H](F)C4)c(C#N)n3)n2)cn1. The highest BCUT2D eigenvalue weighted by Gasteiger charge is 2.24. The maximum Gasteiger partial charge on any atom is 0.227 e. The second-order valence-electron chi connectivity index (χ2n) is 7.67. The zero-order valence-corrected chi connectivity index (χ0v) is 17.5. The van der Waals surface area contributed by atoms with E-state index in [-0.39, 0.29) is 5.69 Å². The van der Waals surface area contributed by atoms with E-state index >= 15 is 0 Å². The third-order valence-corrected chi connectivity index (χ3v) is 4.93. The molecule has 3 aromatic rings. The molecule has 0 saturated carbocycles. The number of aromatic nitrogens is 4. The Balaban J connectivity index is 1.53. The molecular formula is C22H23FN8. The monoisotopic (exact) mass is 418 g/mol. The van der Waals surface area contributed by atoms with E-state index in [9.17, 15) is 9.65 Å². The molecule has 0 aliphatic carbocycles. The maximum absolute atomic E-state index is 13.6. The van der Waals surface area contributed by atoms with Gasteiger partial charge in [-0.2, -0.15) is 5.26 Å². The predicted octanol–water partition coefficient (Wildman–Crippen LogP) is 3.16. The van der Waals surface area contributed by atoms with Crippen molar-refractivity contribution in [2.45, 2.75) is 19.1 Å². The van der Waals surface area contributed by atoms with E-state index in [1.54, 1.807) is 24.5 Å². The molecule has 1 saturated heterocycles. The van der Waals surface area contributed by atoms with Gasteiger partial charge in [0.05, 0.1) is 34.7 Å². The third-order valence-electron chi connectivity index (χ3n) is 4.93. The van der Waals surface area contributed by atoms with Gasteiger partial charge in [0.15, 0.2) is 5.69 Å². The van der Waals surface area contributed by atoms with Crippen molar-refractivity contribution in [3.05, 3.63) is 54.1 Å². The first-order valence-electron chi connectivity index (χ1n) is 10.0. The molecule has 8 nitrogen and oxygen atoms in total. The Kier molecular flexibility index (Phi) is 6.00. The average molecular weight is 418 g/mol. The van der Waals surface area contributed by atoms with E-state index in [2.05, 4.69) is 36.2 Å². The van der Waals surface area contributed by atoms with Crippen LogP contribution in [-0.2, 0) is 6.54 Å². The molecule has 0 radical (unpaired) electrons. The van der Waals surface area contributed by atoms with E-state index in [1.165, 1.54) is 0 Å². The van der Waals surface area contributed by atoms with Crippen LogP contribution in [0.3, 0.4) is 0 Å². The van der Waals surface area contributed by atoms with Crippen LogP contribution in [0.1, 0.15) is 17.8 Å². The van der Waals surface area contributed by atoms with Gasteiger partial charge in [-0.25, -0.2) is 19.3 Å². The molecule has 1 atom stereocenters. The van der Waals surface area contributed by atoms with Gasteiger partial charge in [-0.15, -0.1) is 0 Å². The Morgan fingerprint density at radius 2 is 2.00 bits per heavy atom. The summed E-state index contributed by atoms with van der Waals surface area (Å²) in [5.74, 6) is 0.406. The highest BCUT2D eigenvalue weighted by molar-refractivity contribution is 5.65. The molecule has 9 heteroatoms. The van der Waals surface area contributed by atoms with Crippen LogP contribution >= 0.6 is 0 Å². The average Bonchev–Trinajstić information content (AvgIpc) is 3.20. The molecular weight excluding hydrogens is 395 g/mol. The molecule has 1 aliphatic heterocycles. The molecule has 0 bridgehead atoms. The summed E-state index contributed by atoms with van der Waals surface area (Å²) in [6, 6.07) is 11.3. The fourth-order valence-corrected chi connectivity index (χ4v) is 3.47. The lowest BCUT2D eigenvalue weighted by Gasteiger charge is -2.18. The van der Waals surface area contributed by atoms with Crippen molar-refractivity contribution in [1.82, 2.24) is 24.8 Å². The van der Waals surface area contributed by atoms with Crippen LogP contribution in [0.5, 0.6) is 0 Å². The van der Waals surface area contributed by atoms with Gasteiger partial charge in [-0.3, -0.25) is 4.98 Å². The zero-order chi connectivity index (χ0) is 21.8. The maximum atomic E-state index is 13.6. The topological polar surface area (TPSA) is 93.9 Å². The number of nitrogens with one attached hydrogen (secondary N) is 1. The van der Waals surface area contributed by atoms with Crippen LogP contribution in [-0.4, -0.2) is 58.2 Å². The zero-order valence-electron chi connectivity index (χ0n) is 17.5. The van der Waals surface area contributed by atoms with Gasteiger partial charge in [0.25, 0.3) is 0 Å². The molecule has 3 aromatic heterocycles. The number of nitrogens with zero attached hydrogens (tertiary/aromatic N) is 7. The summed E-state index contributed by atoms with van der Waals surface area (Å²) in [7, 11) is 3.99. The summed E-state index contributed by atoms with van der Waals surface area (Å²) in [4.78, 5) is 21.6. The van der Waals surface area contributed by atoms with E-state index in [1.807, 2.05) is 37.2 Å². The number of rotatable bonds is 6. The van der Waals surface area contributed by atoms with Gasteiger partial charge in [-0.1, -0.05) is 0 Å². The lowest BCUT2D eigenvalue weighted by molar-refractivity contribution is 0.364. The van der Waals surface area contributed by atoms with Gasteiger partial charge in [-0.05, 0) is 50.8 Å². The fourth-order valence-electron chi connectivity index (χ4n) is 3.47. The summed E-state index contributed by atoms with van der Waals surface area (Å²) in [5.41, 5.74) is 3.80. The van der Waals surface area contributed by atoms with E-state index in [0.717, 1.165) is 17.9 Å². The lowest BCUT2D eigenvalue weighted by Crippen LogP contribution is -2.21. The number of hydrogen-bond donors (Lipinski definition) is 1. The molecule has 1 aliphatic rings. The number of hydrogen-bond acceptors (Lipinski definition) is 8. The van der Waals surface area contributed by atoms with Crippen LogP contribution < -0.4 is 10.2 Å². The minimum Gasteiger partial charge on any atom is -0.366 e. The molecule has 1 fully saturated rings. The summed E-state index contributed by atoms with van der Waals surface area (Å²) in [6.45, 7) is 1.64. The van der Waals surface area contributed by atoms with Crippen LogP contribution in [0.15, 0.2) is 42.7 Å². The van der Waals surface area contributed by atoms with Crippen LogP contribution in [0, 0.1) is 11.3 Å². The van der Waals surface area contributed by atoms with Gasteiger partial charge >= 0.3 is 0 Å². The van der Waals surface area contributed by atoms with Crippen molar-refractivity contribution < 1.29 is 4.39 Å². The summed E-state index contributed by atoms with van der Waals surface area (Å²) in [6.07, 6.45) is 2.98. The Bertz CT molecular complexity index is 1090. The highest BCUT2D eigenvalue weighted by atomic mass is 19.1. The first-order valence-corrected chi connectivity index (χ1v) is 10.0. The first kappa shape index (κ1) is 20.6. The Labute approximate surface area is 180 Å². The molecule has 0 amide bonds. The van der Waals surface area contributed by atoms with E-state index in [4.69, 9.17) is 0 Å². The molecule has 4 rings (SSSR count). The van der Waals surface area contributed by atoms with Crippen molar-refractivity contribution in [1.29, 1.82) is 5.26 Å². The molecule has 1 N–H and O–H groups in total. The van der Waals surface area contributed by atoms with Crippen LogP contribution in [0.2, 0.25) is 0 Å². The minimum absolute atomic E-state index is 0.264. The van der Waals surface area contributed by atoms with Gasteiger partial charge in [0.1, 0.15) is 12.2 Å². The second kappa shape index (κ2) is 9.02. The third kappa shape index (κ3) is 4.92. The van der Waals surface area contributed by atoms with Crippen LogP contribution in [0.25, 0.3) is 11.4 Å². The lowest BCUT2D eigenvalue weighted by atomic mass is 10.2. The Hall–Kier alpha value is -3.64. The predicted molar refractivity (Wildman–Crippen MR) is 117 cm³/mol. The molecule has 31 heavy (non-hydrogen) atoms. The van der Waals surface area contributed by atoms with E-state index < -0.39 is 6.17 Å². The van der Waals surface area contributed by atoms with Crippen molar-refractivity contribution >= 4 is 17.3 Å². The van der Waals surface area contributed by atoms with Crippen LogP contribution in [0.4, 0.5) is 21.7 Å². The summed E-state index contributed by atoms with van der Waals surface area (Å²) < 4.78 is 13.6. The van der Waals surface area contributed by atoms with Gasteiger partial charge in [0, 0.05) is 25.8 Å². The summed E-state index contributed by atoms with van der Waals surface area (Å²) >= 11 is 0. The number of anilines is 3. The summed E-state index contributed by atoms with van der Waals surface area (Å²) in [5, 5.41) is 12.7. The second-order valence-corrected chi connectivity index (χ2v) is 7.67. The minimum atomic E-state index is -0.867. The highest BCUT2D eigenvalue weighted by Crippen LogP contribution is 2.27. The first-order chi connectivity index (χ1) is 15.0. The quantitative estimate of drug-likeness (QED) is 0.652. The fraction of sp³-hybridized carbons (Fsp3) is 0.318. The molecule has 0 spiro atoms. The number of alkyl halides is 1. The molecule has 0 aromatic carbocycles. The smallest absolute Gasteiger partial charge is 0.227 e. The van der Waals surface area contributed by atoms with Gasteiger partial charge in [0.2, 0.25) is 5.95 Å². The largest absolute Gasteiger partial charge is 0.366 e. The number of halogens is 1. The molecule has 4 heterocycles. The van der Waals surface area contributed by atoms with Crippen molar-refractivity contribution in [3.8, 4) is 17.5 Å².